The highest BCUT2D eigenvalue weighted by atomic mass is 32.2. The smallest absolute Gasteiger partial charge is 0.0136 e. The van der Waals surface area contributed by atoms with E-state index < -0.39 is 0 Å². The molecular formula is C8H15NS. The molecule has 0 radical (unpaired) electrons. The zero-order valence-corrected chi connectivity index (χ0v) is 7.12. The van der Waals surface area contributed by atoms with Crippen LogP contribution in [-0.2, 0) is 0 Å². The molecule has 0 aromatic heterocycles. The third kappa shape index (κ3) is 2.03. The summed E-state index contributed by atoms with van der Waals surface area (Å²) in [6.07, 6.45) is 2.58. The summed E-state index contributed by atoms with van der Waals surface area (Å²) in [7, 11) is 0. The highest BCUT2D eigenvalue weighted by Crippen LogP contribution is 2.26. The van der Waals surface area contributed by atoms with Gasteiger partial charge in [0, 0.05) is 6.54 Å². The van der Waals surface area contributed by atoms with Gasteiger partial charge in [0.1, 0.15) is 0 Å². The Morgan fingerprint density at radius 1 is 1.50 bits per heavy atom. The number of hydrogen-bond donors (Lipinski definition) is 1. The van der Waals surface area contributed by atoms with Crippen LogP contribution < -0.4 is 5.73 Å². The van der Waals surface area contributed by atoms with Crippen molar-refractivity contribution in [3.8, 4) is 0 Å². The van der Waals surface area contributed by atoms with Gasteiger partial charge in [-0.3, -0.25) is 0 Å². The number of hydrogen-bond acceptors (Lipinski definition) is 2. The molecule has 0 aromatic rings. The van der Waals surface area contributed by atoms with E-state index in [1.165, 1.54) is 29.9 Å². The van der Waals surface area contributed by atoms with E-state index in [0.717, 1.165) is 5.92 Å². The maximum atomic E-state index is 5.50. The van der Waals surface area contributed by atoms with Crippen LogP contribution in [0.4, 0.5) is 0 Å². The van der Waals surface area contributed by atoms with Crippen LogP contribution in [0.25, 0.3) is 0 Å². The van der Waals surface area contributed by atoms with Crippen molar-refractivity contribution in [1.29, 1.82) is 0 Å². The minimum Gasteiger partial charge on any atom is -0.327 e. The number of nitrogens with two attached hydrogens (primary N) is 1. The van der Waals surface area contributed by atoms with Crippen molar-refractivity contribution in [3.05, 3.63) is 12.2 Å². The van der Waals surface area contributed by atoms with E-state index in [2.05, 4.69) is 6.58 Å². The molecule has 58 valence electrons. The average Bonchev–Trinajstić information content (AvgIpc) is 2.05. The molecule has 1 saturated heterocycles. The SMILES string of the molecule is C=C(CN)C1CCSCC1. The summed E-state index contributed by atoms with van der Waals surface area (Å²) in [4.78, 5) is 0. The van der Waals surface area contributed by atoms with Gasteiger partial charge in [0.05, 0.1) is 0 Å². The molecule has 1 aliphatic rings. The lowest BCUT2D eigenvalue weighted by Gasteiger charge is -2.22. The van der Waals surface area contributed by atoms with Gasteiger partial charge < -0.3 is 5.73 Å². The van der Waals surface area contributed by atoms with E-state index in [1.54, 1.807) is 0 Å². The van der Waals surface area contributed by atoms with E-state index >= 15 is 0 Å². The Balaban J connectivity index is 2.31. The molecule has 0 aromatic carbocycles. The van der Waals surface area contributed by atoms with Gasteiger partial charge in [-0.2, -0.15) is 11.8 Å². The topological polar surface area (TPSA) is 26.0 Å². The van der Waals surface area contributed by atoms with Crippen molar-refractivity contribution in [2.45, 2.75) is 12.8 Å². The lowest BCUT2D eigenvalue weighted by atomic mass is 9.95. The molecule has 0 spiro atoms. The molecule has 2 heteroatoms. The van der Waals surface area contributed by atoms with Crippen molar-refractivity contribution < 1.29 is 0 Å². The first kappa shape index (κ1) is 8.15. The van der Waals surface area contributed by atoms with Gasteiger partial charge in [0.25, 0.3) is 0 Å². The van der Waals surface area contributed by atoms with Crippen LogP contribution in [0.1, 0.15) is 12.8 Å². The lowest BCUT2D eigenvalue weighted by molar-refractivity contribution is 0.561. The van der Waals surface area contributed by atoms with E-state index in [0.29, 0.717) is 6.54 Å². The van der Waals surface area contributed by atoms with Crippen LogP contribution in [0.15, 0.2) is 12.2 Å². The Hall–Kier alpha value is 0.0500. The predicted octanol–water partition coefficient (Wildman–Crippen LogP) is 1.64. The van der Waals surface area contributed by atoms with Gasteiger partial charge in [-0.25, -0.2) is 0 Å². The lowest BCUT2D eigenvalue weighted by Crippen LogP contribution is -2.16. The van der Waals surface area contributed by atoms with Gasteiger partial charge in [-0.1, -0.05) is 12.2 Å². The third-order valence-corrected chi connectivity index (χ3v) is 3.11. The van der Waals surface area contributed by atoms with Crippen LogP contribution in [0.2, 0.25) is 0 Å². The summed E-state index contributed by atoms with van der Waals surface area (Å²) in [6.45, 7) is 4.64. The molecular weight excluding hydrogens is 142 g/mol. The van der Waals surface area contributed by atoms with E-state index in [4.69, 9.17) is 5.73 Å². The Labute approximate surface area is 67.1 Å². The fourth-order valence-electron chi connectivity index (χ4n) is 1.27. The molecule has 0 saturated carbocycles. The molecule has 1 nitrogen and oxygen atoms in total. The van der Waals surface area contributed by atoms with Crippen molar-refractivity contribution in [3.63, 3.8) is 0 Å². The van der Waals surface area contributed by atoms with E-state index in [1.807, 2.05) is 11.8 Å². The van der Waals surface area contributed by atoms with Crippen molar-refractivity contribution in [2.24, 2.45) is 11.7 Å². The maximum Gasteiger partial charge on any atom is 0.0136 e. The largest absolute Gasteiger partial charge is 0.327 e. The van der Waals surface area contributed by atoms with E-state index in [9.17, 15) is 0 Å². The molecule has 0 bridgehead atoms. The summed E-state index contributed by atoms with van der Waals surface area (Å²) in [5, 5.41) is 0. The Bertz CT molecular complexity index is 116. The Kier molecular flexibility index (Phi) is 3.29. The first-order valence-electron chi connectivity index (χ1n) is 3.80. The van der Waals surface area contributed by atoms with Gasteiger partial charge in [-0.05, 0) is 30.3 Å². The second kappa shape index (κ2) is 4.04. The maximum absolute atomic E-state index is 5.50. The van der Waals surface area contributed by atoms with Gasteiger partial charge in [-0.15, -0.1) is 0 Å². The first-order valence-corrected chi connectivity index (χ1v) is 4.95. The van der Waals surface area contributed by atoms with Crippen LogP contribution in [0.5, 0.6) is 0 Å². The normalized spacial score (nSPS) is 20.9. The van der Waals surface area contributed by atoms with Crippen molar-refractivity contribution in [1.82, 2.24) is 0 Å². The molecule has 10 heavy (non-hydrogen) atoms. The van der Waals surface area contributed by atoms with Crippen LogP contribution in [-0.4, -0.2) is 18.1 Å². The second-order valence-electron chi connectivity index (χ2n) is 2.75. The third-order valence-electron chi connectivity index (χ3n) is 2.06. The number of rotatable bonds is 2. The van der Waals surface area contributed by atoms with Crippen LogP contribution in [0.3, 0.4) is 0 Å². The molecule has 0 aliphatic carbocycles. The minimum absolute atomic E-state index is 0.676. The summed E-state index contributed by atoms with van der Waals surface area (Å²) in [5.41, 5.74) is 6.75. The summed E-state index contributed by atoms with van der Waals surface area (Å²) >= 11 is 2.04. The standard InChI is InChI=1S/C8H15NS/c1-7(6-9)8-2-4-10-5-3-8/h8H,1-6,9H2. The summed E-state index contributed by atoms with van der Waals surface area (Å²) in [5.74, 6) is 3.32. The molecule has 0 atom stereocenters. The van der Waals surface area contributed by atoms with E-state index in [-0.39, 0.29) is 0 Å². The van der Waals surface area contributed by atoms with Gasteiger partial charge in [0.2, 0.25) is 0 Å². The molecule has 1 aliphatic heterocycles. The summed E-state index contributed by atoms with van der Waals surface area (Å²) in [6, 6.07) is 0. The van der Waals surface area contributed by atoms with Crippen molar-refractivity contribution >= 4 is 11.8 Å². The van der Waals surface area contributed by atoms with Gasteiger partial charge >= 0.3 is 0 Å². The fraction of sp³-hybridized carbons (Fsp3) is 0.750. The monoisotopic (exact) mass is 157 g/mol. The quantitative estimate of drug-likeness (QED) is 0.617. The highest BCUT2D eigenvalue weighted by molar-refractivity contribution is 7.99. The van der Waals surface area contributed by atoms with Crippen LogP contribution >= 0.6 is 11.8 Å². The Morgan fingerprint density at radius 2 is 2.10 bits per heavy atom. The molecule has 1 rings (SSSR count). The molecule has 0 amide bonds. The highest BCUT2D eigenvalue weighted by Gasteiger charge is 2.14. The van der Waals surface area contributed by atoms with Crippen LogP contribution in [0, 0.1) is 5.92 Å². The Morgan fingerprint density at radius 3 is 2.60 bits per heavy atom. The minimum atomic E-state index is 0.676. The number of thioether (sulfide) groups is 1. The first-order chi connectivity index (χ1) is 4.84. The van der Waals surface area contributed by atoms with Gasteiger partial charge in [0.15, 0.2) is 0 Å². The zero-order chi connectivity index (χ0) is 7.40. The zero-order valence-electron chi connectivity index (χ0n) is 6.31. The summed E-state index contributed by atoms with van der Waals surface area (Å²) < 4.78 is 0. The van der Waals surface area contributed by atoms with Crippen molar-refractivity contribution in [2.75, 3.05) is 18.1 Å². The second-order valence-corrected chi connectivity index (χ2v) is 3.97. The molecule has 0 unspecified atom stereocenters. The fourth-order valence-corrected chi connectivity index (χ4v) is 2.38. The predicted molar refractivity (Wildman–Crippen MR) is 48.2 cm³/mol. The molecule has 1 fully saturated rings. The molecule has 1 heterocycles. The molecule has 2 N–H and O–H groups in total. The average molecular weight is 157 g/mol.